The Morgan fingerprint density at radius 3 is 2.71 bits per heavy atom. The van der Waals surface area contributed by atoms with Gasteiger partial charge in [-0.15, -0.1) is 0 Å². The minimum Gasteiger partial charge on any atom is -0.326 e. The van der Waals surface area contributed by atoms with Gasteiger partial charge in [0.1, 0.15) is 5.82 Å². The van der Waals surface area contributed by atoms with Crippen LogP contribution in [0, 0.1) is 5.82 Å². The van der Waals surface area contributed by atoms with E-state index in [1.54, 1.807) is 11.0 Å². The van der Waals surface area contributed by atoms with Crippen molar-refractivity contribution in [3.05, 3.63) is 65.0 Å². The minimum atomic E-state index is -0.309. The van der Waals surface area contributed by atoms with Gasteiger partial charge in [0.05, 0.1) is 6.42 Å². The Kier molecular flexibility index (Phi) is 3.71. The minimum absolute atomic E-state index is 0.0137. The van der Waals surface area contributed by atoms with Crippen LogP contribution in [0.2, 0.25) is 0 Å². The van der Waals surface area contributed by atoms with Crippen molar-refractivity contribution in [2.24, 2.45) is 5.73 Å². The molecule has 108 valence electrons. The first kappa shape index (κ1) is 13.8. The molecule has 21 heavy (non-hydrogen) atoms. The van der Waals surface area contributed by atoms with Crippen molar-refractivity contribution in [2.45, 2.75) is 19.4 Å². The lowest BCUT2D eigenvalue weighted by Crippen LogP contribution is -2.30. The Hall–Kier alpha value is -2.20. The molecule has 0 fully saturated rings. The van der Waals surface area contributed by atoms with E-state index in [1.165, 1.54) is 12.1 Å². The second-order valence-electron chi connectivity index (χ2n) is 5.22. The van der Waals surface area contributed by atoms with E-state index >= 15 is 0 Å². The highest BCUT2D eigenvalue weighted by molar-refractivity contribution is 5.96. The van der Waals surface area contributed by atoms with E-state index in [0.717, 1.165) is 23.1 Å². The number of carbonyl (C=O) groups is 1. The summed E-state index contributed by atoms with van der Waals surface area (Å²) in [6.45, 7) is 1.02. The lowest BCUT2D eigenvalue weighted by atomic mass is 10.0. The van der Waals surface area contributed by atoms with Crippen molar-refractivity contribution in [1.82, 2.24) is 0 Å². The molecule has 0 aliphatic carbocycles. The summed E-state index contributed by atoms with van der Waals surface area (Å²) in [4.78, 5) is 14.2. The topological polar surface area (TPSA) is 46.3 Å². The zero-order valence-electron chi connectivity index (χ0n) is 11.7. The third-order valence-corrected chi connectivity index (χ3v) is 3.92. The summed E-state index contributed by atoms with van der Waals surface area (Å²) in [5.74, 6) is -0.323. The predicted molar refractivity (Wildman–Crippen MR) is 80.5 cm³/mol. The Morgan fingerprint density at radius 2 is 1.95 bits per heavy atom. The lowest BCUT2D eigenvalue weighted by Gasteiger charge is -2.18. The first-order valence-electron chi connectivity index (χ1n) is 7.04. The molecule has 3 nitrogen and oxygen atoms in total. The number of halogens is 1. The molecule has 3 rings (SSSR count). The van der Waals surface area contributed by atoms with Crippen molar-refractivity contribution in [2.75, 3.05) is 11.4 Å². The SMILES string of the molecule is NCc1ccccc1CC(=O)N1CCc2ccc(F)cc21. The highest BCUT2D eigenvalue weighted by Gasteiger charge is 2.25. The molecule has 0 bridgehead atoms. The van der Waals surface area contributed by atoms with Gasteiger partial charge in [0.25, 0.3) is 0 Å². The standard InChI is InChI=1S/C17H17FN2O/c18-15-6-5-12-7-8-20(16(12)10-15)17(21)9-13-3-1-2-4-14(13)11-19/h1-6,10H,7-9,11,19H2. The first-order chi connectivity index (χ1) is 10.2. The second kappa shape index (κ2) is 5.66. The summed E-state index contributed by atoms with van der Waals surface area (Å²) in [6.07, 6.45) is 1.07. The number of hydrogen-bond acceptors (Lipinski definition) is 2. The van der Waals surface area contributed by atoms with Gasteiger partial charge < -0.3 is 10.6 Å². The van der Waals surface area contributed by atoms with Gasteiger partial charge in [-0.3, -0.25) is 4.79 Å². The molecule has 2 aromatic carbocycles. The van der Waals surface area contributed by atoms with Gasteiger partial charge in [-0.25, -0.2) is 4.39 Å². The number of nitrogens with two attached hydrogens (primary N) is 1. The van der Waals surface area contributed by atoms with E-state index in [-0.39, 0.29) is 11.7 Å². The molecule has 0 radical (unpaired) electrons. The van der Waals surface area contributed by atoms with E-state index in [0.29, 0.717) is 25.2 Å². The summed E-state index contributed by atoms with van der Waals surface area (Å²) >= 11 is 0. The second-order valence-corrected chi connectivity index (χ2v) is 5.22. The molecule has 0 saturated carbocycles. The maximum atomic E-state index is 13.4. The van der Waals surface area contributed by atoms with Crippen LogP contribution in [0.25, 0.3) is 0 Å². The molecule has 1 amide bonds. The van der Waals surface area contributed by atoms with Gasteiger partial charge in [-0.1, -0.05) is 30.3 Å². The number of rotatable bonds is 3. The molecular formula is C17H17FN2O. The van der Waals surface area contributed by atoms with Gasteiger partial charge in [0.2, 0.25) is 5.91 Å². The van der Waals surface area contributed by atoms with Crippen LogP contribution < -0.4 is 10.6 Å². The molecule has 1 aliphatic heterocycles. The molecule has 0 unspecified atom stereocenters. The molecule has 0 aromatic heterocycles. The molecule has 1 heterocycles. The Balaban J connectivity index is 1.83. The molecule has 2 aromatic rings. The zero-order chi connectivity index (χ0) is 14.8. The number of hydrogen-bond donors (Lipinski definition) is 1. The Bertz CT molecular complexity index is 684. The summed E-state index contributed by atoms with van der Waals surface area (Å²) < 4.78 is 13.4. The molecule has 0 spiro atoms. The Morgan fingerprint density at radius 1 is 1.19 bits per heavy atom. The van der Waals surface area contributed by atoms with Crippen molar-refractivity contribution in [3.8, 4) is 0 Å². The fourth-order valence-corrected chi connectivity index (χ4v) is 2.80. The third-order valence-electron chi connectivity index (χ3n) is 3.92. The van der Waals surface area contributed by atoms with Crippen molar-refractivity contribution in [3.63, 3.8) is 0 Å². The number of carbonyl (C=O) groups excluding carboxylic acids is 1. The van der Waals surface area contributed by atoms with E-state index in [2.05, 4.69) is 0 Å². The molecule has 1 aliphatic rings. The highest BCUT2D eigenvalue weighted by atomic mass is 19.1. The van der Waals surface area contributed by atoms with E-state index in [9.17, 15) is 9.18 Å². The number of benzene rings is 2. The smallest absolute Gasteiger partial charge is 0.231 e. The molecule has 2 N–H and O–H groups in total. The highest BCUT2D eigenvalue weighted by Crippen LogP contribution is 2.29. The van der Waals surface area contributed by atoms with E-state index < -0.39 is 0 Å². The van der Waals surface area contributed by atoms with Gasteiger partial charge in [-0.05, 0) is 35.2 Å². The average molecular weight is 284 g/mol. The number of fused-ring (bicyclic) bond motifs is 1. The maximum absolute atomic E-state index is 13.4. The van der Waals surface area contributed by atoms with Crippen molar-refractivity contribution in [1.29, 1.82) is 0 Å². The number of amides is 1. The van der Waals surface area contributed by atoms with Crippen LogP contribution in [0.1, 0.15) is 16.7 Å². The maximum Gasteiger partial charge on any atom is 0.231 e. The predicted octanol–water partition coefficient (Wildman–Crippen LogP) is 2.42. The monoisotopic (exact) mass is 284 g/mol. The summed E-state index contributed by atoms with van der Waals surface area (Å²) in [7, 11) is 0. The van der Waals surface area contributed by atoms with Crippen LogP contribution in [0.3, 0.4) is 0 Å². The summed E-state index contributed by atoms with van der Waals surface area (Å²) in [6, 6.07) is 12.3. The van der Waals surface area contributed by atoms with Crippen molar-refractivity contribution < 1.29 is 9.18 Å². The zero-order valence-corrected chi connectivity index (χ0v) is 11.7. The van der Waals surface area contributed by atoms with Crippen LogP contribution >= 0.6 is 0 Å². The number of nitrogens with zero attached hydrogens (tertiary/aromatic N) is 1. The average Bonchev–Trinajstić information content (AvgIpc) is 2.90. The summed E-state index contributed by atoms with van der Waals surface area (Å²) in [5, 5.41) is 0. The van der Waals surface area contributed by atoms with Crippen LogP contribution in [0.15, 0.2) is 42.5 Å². The fraction of sp³-hybridized carbons (Fsp3) is 0.235. The molecular weight excluding hydrogens is 267 g/mol. The van der Waals surface area contributed by atoms with Gasteiger partial charge >= 0.3 is 0 Å². The van der Waals surface area contributed by atoms with Crippen LogP contribution in [0.5, 0.6) is 0 Å². The third kappa shape index (κ3) is 2.67. The normalized spacial score (nSPS) is 13.3. The Labute approximate surface area is 123 Å². The molecule has 0 saturated heterocycles. The van der Waals surface area contributed by atoms with Crippen LogP contribution in [-0.4, -0.2) is 12.5 Å². The lowest BCUT2D eigenvalue weighted by molar-refractivity contribution is -0.117. The number of anilines is 1. The van der Waals surface area contributed by atoms with Crippen molar-refractivity contribution >= 4 is 11.6 Å². The van der Waals surface area contributed by atoms with E-state index in [4.69, 9.17) is 5.73 Å². The van der Waals surface area contributed by atoms with Gasteiger partial charge in [-0.2, -0.15) is 0 Å². The van der Waals surface area contributed by atoms with E-state index in [1.807, 2.05) is 24.3 Å². The molecule has 4 heteroatoms. The van der Waals surface area contributed by atoms with Gasteiger partial charge in [0, 0.05) is 18.8 Å². The quantitative estimate of drug-likeness (QED) is 0.941. The first-order valence-corrected chi connectivity index (χ1v) is 7.04. The van der Waals surface area contributed by atoms with Gasteiger partial charge in [0.15, 0.2) is 0 Å². The van der Waals surface area contributed by atoms with Crippen LogP contribution in [0.4, 0.5) is 10.1 Å². The largest absolute Gasteiger partial charge is 0.326 e. The molecule has 0 atom stereocenters. The van der Waals surface area contributed by atoms with Crippen LogP contribution in [-0.2, 0) is 24.2 Å². The summed E-state index contributed by atoms with van der Waals surface area (Å²) in [5.41, 5.74) is 9.34. The fourth-order valence-electron chi connectivity index (χ4n) is 2.80.